The van der Waals surface area contributed by atoms with Gasteiger partial charge in [0.05, 0.1) is 0 Å². The zero-order chi connectivity index (χ0) is 17.5. The number of ether oxygens (including phenoxy) is 1. The van der Waals surface area contributed by atoms with Crippen LogP contribution in [0.15, 0.2) is 16.7 Å². The van der Waals surface area contributed by atoms with Crippen LogP contribution in [0.5, 0.6) is 5.75 Å². The summed E-state index contributed by atoms with van der Waals surface area (Å²) in [7, 11) is 0. The van der Waals surface area contributed by atoms with Crippen molar-refractivity contribution in [2.24, 2.45) is 0 Å². The molecule has 0 unspecified atom stereocenters. The Kier molecular flexibility index (Phi) is 4.01. The van der Waals surface area contributed by atoms with Crippen LogP contribution in [0, 0.1) is 0 Å². The van der Waals surface area contributed by atoms with Crippen LogP contribution in [-0.4, -0.2) is 28.0 Å². The van der Waals surface area contributed by atoms with E-state index in [0.717, 1.165) is 12.8 Å². The average Bonchev–Trinajstić information content (AvgIpc) is 3.18. The number of pyridine rings is 1. The van der Waals surface area contributed by atoms with E-state index in [1.807, 2.05) is 20.8 Å². The number of aromatic nitrogens is 3. The number of hydrogen-bond donors (Lipinski definition) is 0. The first-order valence-electron chi connectivity index (χ1n) is 7.67. The quantitative estimate of drug-likeness (QED) is 0.832. The Morgan fingerprint density at radius 3 is 2.46 bits per heavy atom. The van der Waals surface area contributed by atoms with Gasteiger partial charge < -0.3 is 9.15 Å². The topological polar surface area (TPSA) is 61.0 Å². The Morgan fingerprint density at radius 1 is 1.21 bits per heavy atom. The zero-order valence-corrected chi connectivity index (χ0v) is 13.6. The predicted octanol–water partition coefficient (Wildman–Crippen LogP) is 4.25. The van der Waals surface area contributed by atoms with Crippen molar-refractivity contribution in [3.63, 3.8) is 0 Å². The minimum atomic E-state index is -4.39. The Hall–Kier alpha value is -2.12. The normalized spacial score (nSPS) is 15.6. The minimum Gasteiger partial charge on any atom is -0.484 e. The Labute approximate surface area is 137 Å². The van der Waals surface area contributed by atoms with Gasteiger partial charge in [0.25, 0.3) is 5.89 Å². The summed E-state index contributed by atoms with van der Waals surface area (Å²) >= 11 is 0. The van der Waals surface area contributed by atoms with Crippen molar-refractivity contribution in [2.45, 2.75) is 51.1 Å². The third kappa shape index (κ3) is 3.85. The van der Waals surface area contributed by atoms with Crippen LogP contribution < -0.4 is 4.74 Å². The molecule has 24 heavy (non-hydrogen) atoms. The molecule has 2 aromatic heterocycles. The molecule has 0 N–H and O–H groups in total. The van der Waals surface area contributed by atoms with Gasteiger partial charge in [0, 0.05) is 23.2 Å². The largest absolute Gasteiger partial charge is 0.484 e. The van der Waals surface area contributed by atoms with E-state index in [1.54, 1.807) is 6.20 Å². The van der Waals surface area contributed by atoms with Gasteiger partial charge in [-0.05, 0) is 18.8 Å². The SMILES string of the molecule is CC(C)(C)c1nnc(-c2cc(OCC(F)(F)F)c(C3CC3)cn2)o1. The summed E-state index contributed by atoms with van der Waals surface area (Å²) in [5, 5.41) is 7.91. The Morgan fingerprint density at radius 2 is 1.92 bits per heavy atom. The third-order valence-electron chi connectivity index (χ3n) is 3.59. The highest BCUT2D eigenvalue weighted by molar-refractivity contribution is 5.53. The van der Waals surface area contributed by atoms with Crippen molar-refractivity contribution in [1.29, 1.82) is 0 Å². The second kappa shape index (κ2) is 5.75. The molecular weight excluding hydrogens is 323 g/mol. The fourth-order valence-electron chi connectivity index (χ4n) is 2.18. The molecule has 0 radical (unpaired) electrons. The van der Waals surface area contributed by atoms with Crippen molar-refractivity contribution in [2.75, 3.05) is 6.61 Å². The zero-order valence-electron chi connectivity index (χ0n) is 13.6. The average molecular weight is 341 g/mol. The van der Waals surface area contributed by atoms with E-state index in [0.29, 0.717) is 17.1 Å². The molecular formula is C16H18F3N3O2. The fraction of sp³-hybridized carbons (Fsp3) is 0.562. The van der Waals surface area contributed by atoms with E-state index >= 15 is 0 Å². The third-order valence-corrected chi connectivity index (χ3v) is 3.59. The molecule has 0 aliphatic heterocycles. The highest BCUT2D eigenvalue weighted by Gasteiger charge is 2.32. The number of alkyl halides is 3. The summed E-state index contributed by atoms with van der Waals surface area (Å²) in [6.45, 7) is 4.43. The number of halogens is 3. The molecule has 2 heterocycles. The van der Waals surface area contributed by atoms with Crippen LogP contribution in [0.1, 0.15) is 51.0 Å². The highest BCUT2D eigenvalue weighted by atomic mass is 19.4. The maximum Gasteiger partial charge on any atom is 0.422 e. The second-order valence-corrected chi connectivity index (χ2v) is 6.95. The number of rotatable bonds is 4. The van der Waals surface area contributed by atoms with Crippen LogP contribution >= 0.6 is 0 Å². The van der Waals surface area contributed by atoms with Gasteiger partial charge in [-0.3, -0.25) is 4.98 Å². The van der Waals surface area contributed by atoms with Crippen LogP contribution in [0.25, 0.3) is 11.6 Å². The molecule has 0 aromatic carbocycles. The molecule has 0 atom stereocenters. The lowest BCUT2D eigenvalue weighted by Crippen LogP contribution is -2.19. The van der Waals surface area contributed by atoms with Crippen LogP contribution in [0.2, 0.25) is 0 Å². The van der Waals surface area contributed by atoms with Gasteiger partial charge in [-0.1, -0.05) is 20.8 Å². The maximum atomic E-state index is 12.5. The molecule has 0 saturated heterocycles. The Balaban J connectivity index is 1.90. The summed E-state index contributed by atoms with van der Waals surface area (Å²) in [6, 6.07) is 1.44. The van der Waals surface area contributed by atoms with Gasteiger partial charge in [-0.15, -0.1) is 10.2 Å². The molecule has 1 saturated carbocycles. The van der Waals surface area contributed by atoms with E-state index in [-0.39, 0.29) is 23.0 Å². The van der Waals surface area contributed by atoms with E-state index in [4.69, 9.17) is 9.15 Å². The summed E-state index contributed by atoms with van der Waals surface area (Å²) in [4.78, 5) is 4.25. The number of nitrogens with zero attached hydrogens (tertiary/aromatic N) is 3. The Bertz CT molecular complexity index is 731. The van der Waals surface area contributed by atoms with E-state index in [9.17, 15) is 13.2 Å². The molecule has 1 fully saturated rings. The van der Waals surface area contributed by atoms with E-state index < -0.39 is 12.8 Å². The summed E-state index contributed by atoms with van der Waals surface area (Å²) in [5.74, 6) is 0.986. The molecule has 0 spiro atoms. The first-order chi connectivity index (χ1) is 11.1. The summed E-state index contributed by atoms with van der Waals surface area (Å²) in [6.07, 6.45) is -0.996. The molecule has 0 bridgehead atoms. The van der Waals surface area contributed by atoms with Gasteiger partial charge in [0.15, 0.2) is 6.61 Å². The monoisotopic (exact) mass is 341 g/mol. The maximum absolute atomic E-state index is 12.5. The smallest absolute Gasteiger partial charge is 0.422 e. The summed E-state index contributed by atoms with van der Waals surface area (Å²) in [5.41, 5.74) is 0.674. The molecule has 130 valence electrons. The molecule has 2 aromatic rings. The molecule has 3 rings (SSSR count). The predicted molar refractivity (Wildman–Crippen MR) is 79.8 cm³/mol. The lowest BCUT2D eigenvalue weighted by atomic mass is 9.97. The van der Waals surface area contributed by atoms with Crippen molar-refractivity contribution < 1.29 is 22.3 Å². The molecule has 1 aliphatic rings. The van der Waals surface area contributed by atoms with Crippen molar-refractivity contribution in [3.8, 4) is 17.3 Å². The van der Waals surface area contributed by atoms with Gasteiger partial charge in [-0.25, -0.2) is 0 Å². The minimum absolute atomic E-state index is 0.166. The van der Waals surface area contributed by atoms with Crippen molar-refractivity contribution in [1.82, 2.24) is 15.2 Å². The molecule has 5 nitrogen and oxygen atoms in total. The molecule has 0 amide bonds. The van der Waals surface area contributed by atoms with Crippen LogP contribution in [0.4, 0.5) is 13.2 Å². The molecule has 8 heteroatoms. The highest BCUT2D eigenvalue weighted by Crippen LogP contribution is 2.45. The van der Waals surface area contributed by atoms with Gasteiger partial charge >= 0.3 is 6.18 Å². The van der Waals surface area contributed by atoms with E-state index in [2.05, 4.69) is 15.2 Å². The lowest BCUT2D eigenvalue weighted by Gasteiger charge is -2.13. The van der Waals surface area contributed by atoms with E-state index in [1.165, 1.54) is 6.07 Å². The van der Waals surface area contributed by atoms with Gasteiger partial charge in [0.2, 0.25) is 5.89 Å². The fourth-order valence-corrected chi connectivity index (χ4v) is 2.18. The summed E-state index contributed by atoms with van der Waals surface area (Å²) < 4.78 is 48.0. The van der Waals surface area contributed by atoms with Crippen molar-refractivity contribution >= 4 is 0 Å². The first kappa shape index (κ1) is 16.7. The van der Waals surface area contributed by atoms with Crippen molar-refractivity contribution in [3.05, 3.63) is 23.7 Å². The lowest BCUT2D eigenvalue weighted by molar-refractivity contribution is -0.153. The van der Waals surface area contributed by atoms with Crippen LogP contribution in [0.3, 0.4) is 0 Å². The van der Waals surface area contributed by atoms with Gasteiger partial charge in [-0.2, -0.15) is 13.2 Å². The second-order valence-electron chi connectivity index (χ2n) is 6.95. The standard InChI is InChI=1S/C16H18F3N3O2/c1-15(2,3)14-22-21-13(24-14)11-6-12(23-8-16(17,18)19)10(7-20-11)9-4-5-9/h6-7,9H,4-5,8H2,1-3H3. The van der Waals surface area contributed by atoms with Crippen LogP contribution in [-0.2, 0) is 5.41 Å². The number of hydrogen-bond acceptors (Lipinski definition) is 5. The molecule has 1 aliphatic carbocycles. The first-order valence-corrected chi connectivity index (χ1v) is 7.67. The van der Waals surface area contributed by atoms with Gasteiger partial charge in [0.1, 0.15) is 11.4 Å².